The van der Waals surface area contributed by atoms with E-state index in [1.165, 1.54) is 10.9 Å². The van der Waals surface area contributed by atoms with Crippen molar-refractivity contribution in [1.29, 1.82) is 0 Å². The van der Waals surface area contributed by atoms with E-state index in [1.807, 2.05) is 30.3 Å². The maximum Gasteiger partial charge on any atom is 0.409 e. The fourth-order valence-electron chi connectivity index (χ4n) is 3.79. The van der Waals surface area contributed by atoms with Crippen molar-refractivity contribution in [2.75, 3.05) is 19.7 Å². The van der Waals surface area contributed by atoms with E-state index in [-0.39, 0.29) is 6.09 Å². The summed E-state index contributed by atoms with van der Waals surface area (Å²) >= 11 is 0. The lowest BCUT2D eigenvalue weighted by Gasteiger charge is -2.31. The number of furan rings is 1. The lowest BCUT2D eigenvalue weighted by atomic mass is 9.89. The summed E-state index contributed by atoms with van der Waals surface area (Å²) in [6.07, 6.45) is 11.2. The Morgan fingerprint density at radius 1 is 1.35 bits per heavy atom. The standard InChI is InChI=1S/C20H23N3O3/c1-2-26-20(24)22-8-4-16(5-9-22)18-13-23(12-15-6-10-25-14-15)19-11-21-7-3-17(18)19/h3,6-7,10-11,13-14,16H,2,4-5,8-9,12H2,1H3. The third-order valence-electron chi connectivity index (χ3n) is 5.11. The molecule has 0 aromatic carbocycles. The highest BCUT2D eigenvalue weighted by atomic mass is 16.6. The number of likely N-dealkylation sites (tertiary alicyclic amines) is 1. The molecule has 0 spiro atoms. The van der Waals surface area contributed by atoms with Gasteiger partial charge in [0.15, 0.2) is 0 Å². The highest BCUT2D eigenvalue weighted by Crippen LogP contribution is 2.34. The summed E-state index contributed by atoms with van der Waals surface area (Å²) in [5.74, 6) is 0.441. The summed E-state index contributed by atoms with van der Waals surface area (Å²) in [6, 6.07) is 4.08. The van der Waals surface area contributed by atoms with Crippen molar-refractivity contribution in [3.8, 4) is 0 Å². The molecule has 1 saturated heterocycles. The van der Waals surface area contributed by atoms with Gasteiger partial charge in [-0.25, -0.2) is 4.79 Å². The number of fused-ring (bicyclic) bond motifs is 1. The summed E-state index contributed by atoms with van der Waals surface area (Å²) in [6.45, 7) is 4.51. The summed E-state index contributed by atoms with van der Waals surface area (Å²) in [5, 5.41) is 1.25. The number of amides is 1. The molecule has 0 unspecified atom stereocenters. The molecule has 3 aromatic rings. The van der Waals surface area contributed by atoms with Crippen LogP contribution in [0.3, 0.4) is 0 Å². The van der Waals surface area contributed by atoms with E-state index >= 15 is 0 Å². The molecule has 1 aliphatic heterocycles. The average molecular weight is 353 g/mol. The van der Waals surface area contributed by atoms with Gasteiger partial charge in [-0.05, 0) is 43.4 Å². The molecule has 1 aliphatic rings. The summed E-state index contributed by atoms with van der Waals surface area (Å²) in [4.78, 5) is 18.0. The van der Waals surface area contributed by atoms with E-state index in [0.717, 1.165) is 43.6 Å². The highest BCUT2D eigenvalue weighted by molar-refractivity contribution is 5.83. The maximum absolute atomic E-state index is 11.9. The zero-order chi connectivity index (χ0) is 17.9. The van der Waals surface area contributed by atoms with Crippen LogP contribution in [0.1, 0.15) is 36.8 Å². The van der Waals surface area contributed by atoms with Gasteiger partial charge in [-0.1, -0.05) is 0 Å². The minimum Gasteiger partial charge on any atom is -0.472 e. The van der Waals surface area contributed by atoms with E-state index in [2.05, 4.69) is 21.8 Å². The fraction of sp³-hybridized carbons (Fsp3) is 0.400. The first-order valence-corrected chi connectivity index (χ1v) is 9.11. The third kappa shape index (κ3) is 3.19. The van der Waals surface area contributed by atoms with Crippen LogP contribution in [0, 0.1) is 0 Å². The van der Waals surface area contributed by atoms with Crippen LogP contribution in [0.4, 0.5) is 4.79 Å². The number of piperidine rings is 1. The van der Waals surface area contributed by atoms with Crippen LogP contribution >= 0.6 is 0 Å². The van der Waals surface area contributed by atoms with Crippen LogP contribution in [0.5, 0.6) is 0 Å². The first-order valence-electron chi connectivity index (χ1n) is 9.11. The SMILES string of the molecule is CCOC(=O)N1CCC(c2cn(Cc3ccoc3)c3cnccc23)CC1. The number of pyridine rings is 1. The largest absolute Gasteiger partial charge is 0.472 e. The molecular formula is C20H23N3O3. The van der Waals surface area contributed by atoms with E-state index in [4.69, 9.17) is 9.15 Å². The molecule has 26 heavy (non-hydrogen) atoms. The molecule has 3 aromatic heterocycles. The number of nitrogens with zero attached hydrogens (tertiary/aromatic N) is 3. The van der Waals surface area contributed by atoms with Gasteiger partial charge in [0.25, 0.3) is 0 Å². The van der Waals surface area contributed by atoms with Crippen LogP contribution in [0.25, 0.3) is 10.9 Å². The predicted octanol–water partition coefficient (Wildman–Crippen LogP) is 4.01. The molecule has 4 rings (SSSR count). The van der Waals surface area contributed by atoms with Gasteiger partial charge in [-0.15, -0.1) is 0 Å². The summed E-state index contributed by atoms with van der Waals surface area (Å²) in [5.41, 5.74) is 3.61. The first-order chi connectivity index (χ1) is 12.8. The van der Waals surface area contributed by atoms with Crippen molar-refractivity contribution >= 4 is 17.0 Å². The second kappa shape index (κ2) is 7.23. The Kier molecular flexibility index (Phi) is 4.65. The lowest BCUT2D eigenvalue weighted by molar-refractivity contribution is 0.0971. The van der Waals surface area contributed by atoms with Gasteiger partial charge in [0.2, 0.25) is 0 Å². The maximum atomic E-state index is 11.9. The van der Waals surface area contributed by atoms with E-state index in [1.54, 1.807) is 12.5 Å². The monoisotopic (exact) mass is 353 g/mol. The zero-order valence-corrected chi connectivity index (χ0v) is 14.9. The van der Waals surface area contributed by atoms with E-state index in [0.29, 0.717) is 12.5 Å². The molecule has 136 valence electrons. The van der Waals surface area contributed by atoms with Crippen molar-refractivity contribution in [2.24, 2.45) is 0 Å². The molecular weight excluding hydrogens is 330 g/mol. The number of rotatable bonds is 4. The molecule has 0 radical (unpaired) electrons. The molecule has 0 saturated carbocycles. The number of aromatic nitrogens is 2. The van der Waals surface area contributed by atoms with Gasteiger partial charge < -0.3 is 18.6 Å². The van der Waals surface area contributed by atoms with Crippen LogP contribution in [-0.4, -0.2) is 40.2 Å². The first kappa shape index (κ1) is 16.7. The van der Waals surface area contributed by atoms with Gasteiger partial charge >= 0.3 is 6.09 Å². The van der Waals surface area contributed by atoms with Gasteiger partial charge in [-0.2, -0.15) is 0 Å². The Bertz CT molecular complexity index is 877. The molecule has 1 amide bonds. The molecule has 1 fully saturated rings. The van der Waals surface area contributed by atoms with Crippen LogP contribution in [-0.2, 0) is 11.3 Å². The minimum atomic E-state index is -0.197. The Hall–Kier alpha value is -2.76. The molecule has 0 aliphatic carbocycles. The average Bonchev–Trinajstić information content (AvgIpc) is 3.31. The number of carbonyl (C=O) groups is 1. The quantitative estimate of drug-likeness (QED) is 0.711. The molecule has 0 bridgehead atoms. The number of hydrogen-bond donors (Lipinski definition) is 0. The highest BCUT2D eigenvalue weighted by Gasteiger charge is 2.26. The lowest BCUT2D eigenvalue weighted by Crippen LogP contribution is -2.38. The van der Waals surface area contributed by atoms with Crippen molar-refractivity contribution in [2.45, 2.75) is 32.2 Å². The van der Waals surface area contributed by atoms with Crippen molar-refractivity contribution in [3.05, 3.63) is 54.4 Å². The van der Waals surface area contributed by atoms with Crippen molar-refractivity contribution in [1.82, 2.24) is 14.5 Å². The van der Waals surface area contributed by atoms with Crippen LogP contribution in [0.15, 0.2) is 47.7 Å². The summed E-state index contributed by atoms with van der Waals surface area (Å²) in [7, 11) is 0. The van der Waals surface area contributed by atoms with Gasteiger partial charge in [0.1, 0.15) is 0 Å². The smallest absolute Gasteiger partial charge is 0.409 e. The normalized spacial score (nSPS) is 15.5. The molecule has 0 N–H and O–H groups in total. The van der Waals surface area contributed by atoms with Crippen molar-refractivity contribution < 1.29 is 13.9 Å². The molecule has 6 nitrogen and oxygen atoms in total. The predicted molar refractivity (Wildman–Crippen MR) is 98.1 cm³/mol. The van der Waals surface area contributed by atoms with Gasteiger partial charge in [-0.3, -0.25) is 4.98 Å². The second-order valence-electron chi connectivity index (χ2n) is 6.70. The topological polar surface area (TPSA) is 60.5 Å². The van der Waals surface area contributed by atoms with Crippen molar-refractivity contribution in [3.63, 3.8) is 0 Å². The Morgan fingerprint density at radius 2 is 2.19 bits per heavy atom. The Labute approximate surface area is 152 Å². The van der Waals surface area contributed by atoms with E-state index in [9.17, 15) is 4.79 Å². The Morgan fingerprint density at radius 3 is 2.92 bits per heavy atom. The zero-order valence-electron chi connectivity index (χ0n) is 14.9. The van der Waals surface area contributed by atoms with Gasteiger partial charge in [0.05, 0.1) is 37.4 Å². The van der Waals surface area contributed by atoms with Crippen LogP contribution < -0.4 is 0 Å². The number of carbonyl (C=O) groups excluding carboxylic acids is 1. The molecule has 0 atom stereocenters. The van der Waals surface area contributed by atoms with E-state index < -0.39 is 0 Å². The van der Waals surface area contributed by atoms with Gasteiger partial charge in [0, 0.05) is 36.4 Å². The second-order valence-corrected chi connectivity index (χ2v) is 6.70. The third-order valence-corrected chi connectivity index (χ3v) is 5.11. The number of ether oxygens (including phenoxy) is 1. The molecule has 6 heteroatoms. The van der Waals surface area contributed by atoms with Crippen LogP contribution in [0.2, 0.25) is 0 Å². The molecule has 4 heterocycles. The number of hydrogen-bond acceptors (Lipinski definition) is 4. The summed E-state index contributed by atoms with van der Waals surface area (Å²) < 4.78 is 12.6. The minimum absolute atomic E-state index is 0.197. The fourth-order valence-corrected chi connectivity index (χ4v) is 3.79. The Balaban J connectivity index is 1.56.